The van der Waals surface area contributed by atoms with E-state index in [1.54, 1.807) is 0 Å². The van der Waals surface area contributed by atoms with Gasteiger partial charge >= 0.3 is 80.6 Å². The molecule has 12 heavy (non-hydrogen) atoms. The fourth-order valence-electron chi connectivity index (χ4n) is 0.957. The zero-order valence-electron chi connectivity index (χ0n) is 7.30. The van der Waals surface area contributed by atoms with Gasteiger partial charge in [-0.15, -0.1) is 0 Å². The van der Waals surface area contributed by atoms with Crippen molar-refractivity contribution in [1.82, 2.24) is 0 Å². The molecule has 0 aromatic heterocycles. The van der Waals surface area contributed by atoms with Gasteiger partial charge in [0.15, 0.2) is 0 Å². The number of benzene rings is 1. The topological polar surface area (TPSA) is 0 Å². The molecule has 0 aliphatic heterocycles. The van der Waals surface area contributed by atoms with Crippen molar-refractivity contribution in [2.75, 3.05) is 19.7 Å². The summed E-state index contributed by atoms with van der Waals surface area (Å²) in [5, 5.41) is -1.28. The molecule has 0 aliphatic rings. The summed E-state index contributed by atoms with van der Waals surface area (Å²) in [7, 11) is 0. The third-order valence-corrected chi connectivity index (χ3v) is 6.27. The van der Waals surface area contributed by atoms with Crippen LogP contribution in [0.3, 0.4) is 0 Å². The van der Waals surface area contributed by atoms with E-state index in [9.17, 15) is 4.39 Å². The molecular weight excluding hydrogens is 238 g/mol. The molecular formula is C9H13BrFP. The SMILES string of the molecule is CP(C)(Br)(CF)c1ccccc1. The molecule has 0 saturated heterocycles. The Morgan fingerprint density at radius 3 is 2.17 bits per heavy atom. The van der Waals surface area contributed by atoms with Crippen LogP contribution in [0.1, 0.15) is 0 Å². The van der Waals surface area contributed by atoms with Gasteiger partial charge < -0.3 is 0 Å². The van der Waals surface area contributed by atoms with Gasteiger partial charge in [-0.1, -0.05) is 0 Å². The van der Waals surface area contributed by atoms with E-state index >= 15 is 0 Å². The van der Waals surface area contributed by atoms with Crippen molar-refractivity contribution in [3.63, 3.8) is 0 Å². The molecule has 0 bridgehead atoms. The van der Waals surface area contributed by atoms with E-state index in [4.69, 9.17) is 0 Å². The molecule has 3 heteroatoms. The van der Waals surface area contributed by atoms with Crippen LogP contribution in [0.15, 0.2) is 30.3 Å². The average Bonchev–Trinajstić information content (AvgIpc) is 2.06. The first-order valence-electron chi connectivity index (χ1n) is 3.78. The first-order valence-corrected chi connectivity index (χ1v) is 9.12. The first kappa shape index (κ1) is 10.1. The second-order valence-corrected chi connectivity index (χ2v) is 15.7. The number of alkyl halides is 1. The molecule has 0 fully saturated rings. The molecule has 0 radical (unpaired) electrons. The Hall–Kier alpha value is 0.0600. The van der Waals surface area contributed by atoms with Crippen molar-refractivity contribution in [3.8, 4) is 0 Å². The van der Waals surface area contributed by atoms with E-state index in [0.717, 1.165) is 5.30 Å². The van der Waals surface area contributed by atoms with Crippen molar-refractivity contribution in [2.45, 2.75) is 0 Å². The molecule has 1 rings (SSSR count). The van der Waals surface area contributed by atoms with Gasteiger partial charge in [0.1, 0.15) is 0 Å². The molecule has 0 amide bonds. The molecule has 0 unspecified atom stereocenters. The molecule has 1 aromatic rings. The van der Waals surface area contributed by atoms with Crippen LogP contribution in [0, 0.1) is 0 Å². The van der Waals surface area contributed by atoms with Crippen LogP contribution in [0.25, 0.3) is 0 Å². The second kappa shape index (κ2) is 3.08. The van der Waals surface area contributed by atoms with Crippen LogP contribution in [-0.2, 0) is 0 Å². The molecule has 0 N–H and O–H groups in total. The molecule has 0 heterocycles. The van der Waals surface area contributed by atoms with Crippen LogP contribution in [0.2, 0.25) is 0 Å². The maximum absolute atomic E-state index is 12.9. The van der Waals surface area contributed by atoms with Crippen LogP contribution in [0.5, 0.6) is 0 Å². The molecule has 0 saturated carbocycles. The molecule has 0 atom stereocenters. The van der Waals surface area contributed by atoms with E-state index in [0.29, 0.717) is 0 Å². The van der Waals surface area contributed by atoms with Gasteiger partial charge in [0.25, 0.3) is 0 Å². The van der Waals surface area contributed by atoms with Gasteiger partial charge in [-0.3, -0.25) is 0 Å². The Balaban J connectivity index is 3.14. The summed E-state index contributed by atoms with van der Waals surface area (Å²) in [4.78, 5) is 0. The summed E-state index contributed by atoms with van der Waals surface area (Å²) < 4.78 is 12.9. The summed E-state index contributed by atoms with van der Waals surface area (Å²) in [5.74, 6) is 0. The van der Waals surface area contributed by atoms with Gasteiger partial charge in [0, 0.05) is 0 Å². The molecule has 0 aliphatic carbocycles. The van der Waals surface area contributed by atoms with E-state index < -0.39 is 5.31 Å². The van der Waals surface area contributed by atoms with Crippen LogP contribution in [0.4, 0.5) is 4.39 Å². The summed E-state index contributed by atoms with van der Waals surface area (Å²) in [6, 6.07) is 9.79. The van der Waals surface area contributed by atoms with Gasteiger partial charge in [-0.2, -0.15) is 0 Å². The normalized spacial score (nSPS) is 15.2. The van der Waals surface area contributed by atoms with Gasteiger partial charge in [0.05, 0.1) is 0 Å². The van der Waals surface area contributed by atoms with E-state index in [-0.39, 0.29) is 6.42 Å². The zero-order chi connectivity index (χ0) is 9.27. The summed E-state index contributed by atoms with van der Waals surface area (Å²) in [6.45, 7) is 3.95. The van der Waals surface area contributed by atoms with Crippen molar-refractivity contribution in [3.05, 3.63) is 30.3 Å². The van der Waals surface area contributed by atoms with E-state index in [2.05, 4.69) is 15.5 Å². The third-order valence-electron chi connectivity index (χ3n) is 1.90. The predicted octanol–water partition coefficient (Wildman–Crippen LogP) is 3.36. The maximum atomic E-state index is 12.9. The fraction of sp³-hybridized carbons (Fsp3) is 0.333. The van der Waals surface area contributed by atoms with Gasteiger partial charge in [-0.05, 0) is 0 Å². The number of halogens is 2. The average molecular weight is 251 g/mol. The standard InChI is InChI=1S/C9H13BrFP/c1-12(2,10,8-11)9-6-4-3-5-7-9/h3-7H,8H2,1-2H3. The van der Waals surface area contributed by atoms with Crippen molar-refractivity contribution >= 4 is 26.1 Å². The van der Waals surface area contributed by atoms with Gasteiger partial charge in [0.2, 0.25) is 0 Å². The minimum atomic E-state index is -2.37. The molecule has 1 aromatic carbocycles. The Morgan fingerprint density at radius 2 is 1.75 bits per heavy atom. The Labute approximate surface area is 80.8 Å². The van der Waals surface area contributed by atoms with E-state index in [1.807, 2.05) is 43.7 Å². The van der Waals surface area contributed by atoms with Crippen molar-refractivity contribution < 1.29 is 4.39 Å². The first-order chi connectivity index (χ1) is 5.44. The number of hydrogen-bond donors (Lipinski definition) is 0. The minimum absolute atomic E-state index is 0.296. The summed E-state index contributed by atoms with van der Waals surface area (Å²) >= 11 is 3.55. The predicted molar refractivity (Wildman–Crippen MR) is 59.7 cm³/mol. The second-order valence-electron chi connectivity index (χ2n) is 3.68. The summed E-state index contributed by atoms with van der Waals surface area (Å²) in [6.07, 6.45) is -0.296. The van der Waals surface area contributed by atoms with E-state index in [1.165, 1.54) is 0 Å². The Bertz CT molecular complexity index is 263. The molecule has 68 valence electrons. The number of rotatable bonds is 2. The Morgan fingerprint density at radius 1 is 1.25 bits per heavy atom. The van der Waals surface area contributed by atoms with Crippen molar-refractivity contribution in [2.24, 2.45) is 0 Å². The molecule has 0 spiro atoms. The molecule has 0 nitrogen and oxygen atoms in total. The summed E-state index contributed by atoms with van der Waals surface area (Å²) in [5.41, 5.74) is 0. The quantitative estimate of drug-likeness (QED) is 0.707. The van der Waals surface area contributed by atoms with Gasteiger partial charge in [-0.25, -0.2) is 0 Å². The Kier molecular flexibility index (Phi) is 2.60. The van der Waals surface area contributed by atoms with Crippen molar-refractivity contribution in [1.29, 1.82) is 0 Å². The van der Waals surface area contributed by atoms with Crippen LogP contribution < -0.4 is 5.30 Å². The third kappa shape index (κ3) is 2.05. The monoisotopic (exact) mass is 250 g/mol. The fourth-order valence-corrected chi connectivity index (χ4v) is 2.90. The van der Waals surface area contributed by atoms with Crippen LogP contribution in [-0.4, -0.2) is 19.7 Å². The van der Waals surface area contributed by atoms with Crippen LogP contribution >= 0.6 is 20.8 Å². The number of hydrogen-bond acceptors (Lipinski definition) is 0. The zero-order valence-corrected chi connectivity index (χ0v) is 9.78.